The molecule has 9 nitrogen and oxygen atoms in total. The number of rotatable bonds is 5. The van der Waals surface area contributed by atoms with Crippen molar-refractivity contribution in [1.82, 2.24) is 19.3 Å². The van der Waals surface area contributed by atoms with Crippen LogP contribution in [0.15, 0.2) is 29.4 Å². The first-order valence-corrected chi connectivity index (χ1v) is 12.0. The molecule has 1 aromatic carbocycles. The van der Waals surface area contributed by atoms with Crippen molar-refractivity contribution in [2.45, 2.75) is 63.4 Å². The number of halogens is 1. The third kappa shape index (κ3) is 4.42. The van der Waals surface area contributed by atoms with Gasteiger partial charge < -0.3 is 14.4 Å². The molecule has 2 heterocycles. The van der Waals surface area contributed by atoms with Gasteiger partial charge in [-0.3, -0.25) is 0 Å². The number of nitrogens with zero attached hydrogens (tertiary/aromatic N) is 3. The van der Waals surface area contributed by atoms with Crippen LogP contribution in [0.5, 0.6) is 5.75 Å². The van der Waals surface area contributed by atoms with Crippen LogP contribution < -0.4 is 9.46 Å². The topological polar surface area (TPSA) is 123 Å². The Balaban J connectivity index is 1.92. The van der Waals surface area contributed by atoms with Crippen LogP contribution in [0, 0.1) is 12.7 Å². The second-order valence-electron chi connectivity index (χ2n) is 9.22. The van der Waals surface area contributed by atoms with E-state index in [-0.39, 0.29) is 33.6 Å². The minimum absolute atomic E-state index is 0.0353. The molecule has 0 unspecified atom stereocenters. The minimum Gasteiger partial charge on any atom is -0.449 e. The summed E-state index contributed by atoms with van der Waals surface area (Å²) in [6, 6.07) is 2.93. The van der Waals surface area contributed by atoms with E-state index in [2.05, 4.69) is 14.7 Å². The number of carboxylic acid groups (broad SMARTS) is 1. The smallest absolute Gasteiger partial charge is 0.449 e. The summed E-state index contributed by atoms with van der Waals surface area (Å²) in [6.07, 6.45) is 3.46. The van der Waals surface area contributed by atoms with Gasteiger partial charge in [-0.05, 0) is 64.7 Å². The van der Waals surface area contributed by atoms with Crippen molar-refractivity contribution in [1.29, 1.82) is 0 Å². The number of ether oxygens (including phenoxy) is 1. The van der Waals surface area contributed by atoms with Gasteiger partial charge in [-0.25, -0.2) is 32.3 Å². The Morgan fingerprint density at radius 1 is 1.24 bits per heavy atom. The number of benzene rings is 1. The molecule has 0 atom stereocenters. The Kier molecular flexibility index (Phi) is 5.65. The maximum absolute atomic E-state index is 14.4. The highest BCUT2D eigenvalue weighted by Crippen LogP contribution is 2.46. The third-order valence-corrected chi connectivity index (χ3v) is 7.17. The van der Waals surface area contributed by atoms with Crippen LogP contribution in [-0.2, 0) is 10.0 Å². The van der Waals surface area contributed by atoms with Crippen LogP contribution in [-0.4, -0.2) is 39.8 Å². The summed E-state index contributed by atoms with van der Waals surface area (Å²) in [5.41, 5.74) is 0.595. The van der Waals surface area contributed by atoms with E-state index in [9.17, 15) is 22.7 Å². The summed E-state index contributed by atoms with van der Waals surface area (Å²) in [7, 11) is -3.86. The maximum Gasteiger partial charge on any atom is 0.511 e. The fourth-order valence-corrected chi connectivity index (χ4v) is 5.18. The Morgan fingerprint density at radius 2 is 1.88 bits per heavy atom. The van der Waals surface area contributed by atoms with Crippen molar-refractivity contribution >= 4 is 27.1 Å². The van der Waals surface area contributed by atoms with Crippen molar-refractivity contribution in [3.05, 3.63) is 35.9 Å². The zero-order valence-corrected chi connectivity index (χ0v) is 19.5. The van der Waals surface area contributed by atoms with Crippen molar-refractivity contribution in [2.24, 2.45) is 0 Å². The molecule has 1 aliphatic rings. The van der Waals surface area contributed by atoms with Gasteiger partial charge in [-0.15, -0.1) is 0 Å². The highest BCUT2D eigenvalue weighted by Gasteiger charge is 2.32. The van der Waals surface area contributed by atoms with Gasteiger partial charge in [0.15, 0.2) is 11.6 Å². The first-order chi connectivity index (χ1) is 15.4. The molecule has 1 aliphatic carbocycles. The van der Waals surface area contributed by atoms with Crippen molar-refractivity contribution in [3.8, 4) is 17.3 Å². The monoisotopic (exact) mass is 476 g/mol. The Morgan fingerprint density at radius 3 is 2.39 bits per heavy atom. The van der Waals surface area contributed by atoms with Gasteiger partial charge in [0.2, 0.25) is 10.0 Å². The van der Waals surface area contributed by atoms with Crippen molar-refractivity contribution in [3.63, 3.8) is 0 Å². The van der Waals surface area contributed by atoms with E-state index < -0.39 is 27.5 Å². The summed E-state index contributed by atoms with van der Waals surface area (Å²) in [5, 5.41) is 9.63. The third-order valence-electron chi connectivity index (χ3n) is 5.46. The van der Waals surface area contributed by atoms with Gasteiger partial charge in [0, 0.05) is 17.0 Å². The predicted octanol–water partition coefficient (Wildman–Crippen LogP) is 4.40. The molecule has 176 valence electrons. The van der Waals surface area contributed by atoms with E-state index in [1.54, 1.807) is 33.8 Å². The van der Waals surface area contributed by atoms with E-state index in [1.807, 2.05) is 4.57 Å². The molecule has 1 saturated carbocycles. The van der Waals surface area contributed by atoms with Crippen LogP contribution >= 0.6 is 0 Å². The quantitative estimate of drug-likeness (QED) is 0.523. The molecule has 0 amide bonds. The van der Waals surface area contributed by atoms with Crippen LogP contribution in [0.4, 0.5) is 9.18 Å². The molecule has 33 heavy (non-hydrogen) atoms. The molecule has 2 aromatic heterocycles. The van der Waals surface area contributed by atoms with Crippen LogP contribution in [0.25, 0.3) is 22.4 Å². The lowest BCUT2D eigenvalue weighted by Gasteiger charge is -2.29. The molecular weight excluding hydrogens is 451 g/mol. The largest absolute Gasteiger partial charge is 0.511 e. The summed E-state index contributed by atoms with van der Waals surface area (Å²) >= 11 is 0. The SMILES string of the molecule is Cc1cc2c(cc1F)c(OC(=O)O)c(-c1ncc(S(=O)(=O)NC(C)(C)C)cn1)n2C1CCC1. The van der Waals surface area contributed by atoms with Gasteiger partial charge in [0.1, 0.15) is 16.4 Å². The number of carbonyl (C=O) groups is 1. The number of hydrogen-bond acceptors (Lipinski definition) is 6. The summed E-state index contributed by atoms with van der Waals surface area (Å²) in [5.74, 6) is -0.487. The highest BCUT2D eigenvalue weighted by molar-refractivity contribution is 7.89. The van der Waals surface area contributed by atoms with Crippen molar-refractivity contribution in [2.75, 3.05) is 0 Å². The van der Waals surface area contributed by atoms with Crippen LogP contribution in [0.1, 0.15) is 51.6 Å². The molecule has 0 bridgehead atoms. The second-order valence-corrected chi connectivity index (χ2v) is 10.9. The summed E-state index contributed by atoms with van der Waals surface area (Å²) in [4.78, 5) is 19.8. The van der Waals surface area contributed by atoms with E-state index >= 15 is 0 Å². The maximum atomic E-state index is 14.4. The first-order valence-electron chi connectivity index (χ1n) is 10.5. The normalized spacial score (nSPS) is 14.9. The summed E-state index contributed by atoms with van der Waals surface area (Å²) in [6.45, 7) is 6.77. The highest BCUT2D eigenvalue weighted by atomic mass is 32.2. The van der Waals surface area contributed by atoms with Crippen LogP contribution in [0.3, 0.4) is 0 Å². The fraction of sp³-hybridized carbons (Fsp3) is 0.409. The van der Waals surface area contributed by atoms with Crippen molar-refractivity contribution < 1.29 is 27.4 Å². The molecule has 0 radical (unpaired) electrons. The molecular formula is C22H25FN4O5S. The number of fused-ring (bicyclic) bond motifs is 1. The average molecular weight is 477 g/mol. The molecule has 2 N–H and O–H groups in total. The number of sulfonamides is 1. The van der Waals surface area contributed by atoms with Gasteiger partial charge in [0.25, 0.3) is 0 Å². The van der Waals surface area contributed by atoms with E-state index in [4.69, 9.17) is 4.74 Å². The molecule has 0 aliphatic heterocycles. The van der Waals surface area contributed by atoms with Gasteiger partial charge in [-0.1, -0.05) is 0 Å². The molecule has 1 fully saturated rings. The van der Waals surface area contributed by atoms with Gasteiger partial charge in [-0.2, -0.15) is 0 Å². The average Bonchev–Trinajstić information content (AvgIpc) is 2.92. The van der Waals surface area contributed by atoms with E-state index in [0.717, 1.165) is 31.7 Å². The zero-order valence-electron chi connectivity index (χ0n) is 18.7. The lowest BCUT2D eigenvalue weighted by molar-refractivity contribution is 0.145. The lowest BCUT2D eigenvalue weighted by Crippen LogP contribution is -2.40. The standard InChI is InChI=1S/C22H25FN4O5S/c1-12-8-17-15(9-16(12)23)19(32-21(28)29)18(27(17)13-6-5-7-13)20-24-10-14(11-25-20)33(30,31)26-22(2,3)4/h8-11,13,26H,5-7H2,1-4H3,(H,28,29). The zero-order chi connectivity index (χ0) is 24.1. The number of aromatic nitrogens is 3. The number of nitrogens with one attached hydrogen (secondary N) is 1. The molecule has 11 heteroatoms. The van der Waals surface area contributed by atoms with E-state index in [1.165, 1.54) is 6.07 Å². The fourth-order valence-electron chi connectivity index (χ4n) is 3.87. The second kappa shape index (κ2) is 8.07. The minimum atomic E-state index is -3.86. The number of hydrogen-bond donors (Lipinski definition) is 2. The molecule has 0 saturated heterocycles. The predicted molar refractivity (Wildman–Crippen MR) is 119 cm³/mol. The Labute approximate surface area is 190 Å². The molecule has 3 aromatic rings. The Hall–Kier alpha value is -3.05. The molecule has 0 spiro atoms. The molecule has 4 rings (SSSR count). The van der Waals surface area contributed by atoms with Crippen LogP contribution in [0.2, 0.25) is 0 Å². The van der Waals surface area contributed by atoms with E-state index in [0.29, 0.717) is 11.1 Å². The lowest BCUT2D eigenvalue weighted by atomic mass is 9.92. The van der Waals surface area contributed by atoms with Gasteiger partial charge >= 0.3 is 6.16 Å². The Bertz CT molecular complexity index is 1340. The first kappa shape index (κ1) is 23.1. The summed E-state index contributed by atoms with van der Waals surface area (Å²) < 4.78 is 49.1. The van der Waals surface area contributed by atoms with Gasteiger partial charge in [0.05, 0.1) is 17.9 Å². The number of aryl methyl sites for hydroxylation is 1.